The fourth-order valence-corrected chi connectivity index (χ4v) is 3.41. The summed E-state index contributed by atoms with van der Waals surface area (Å²) in [4.78, 5) is 0. The molecule has 1 N–H and O–H groups in total. The number of nitrogens with zero attached hydrogens (tertiary/aromatic N) is 3. The zero-order valence-corrected chi connectivity index (χ0v) is 16.8. The molecule has 0 radical (unpaired) electrons. The third kappa shape index (κ3) is 3.70. The fraction of sp³-hybridized carbons (Fsp3) is 0.250. The van der Waals surface area contributed by atoms with Crippen LogP contribution in [-0.2, 0) is 5.41 Å². The number of benzene rings is 2. The van der Waals surface area contributed by atoms with Crippen molar-refractivity contribution in [2.24, 2.45) is 0 Å². The van der Waals surface area contributed by atoms with E-state index in [9.17, 15) is 5.26 Å². The zero-order valence-electron chi connectivity index (χ0n) is 16.0. The summed E-state index contributed by atoms with van der Waals surface area (Å²) in [5.74, 6) is 1.39. The lowest BCUT2D eigenvalue weighted by atomic mass is 9.76. The van der Waals surface area contributed by atoms with Gasteiger partial charge in [0.1, 0.15) is 16.9 Å². The summed E-state index contributed by atoms with van der Waals surface area (Å²) in [5.41, 5.74) is 1.40. The quantitative estimate of drug-likeness (QED) is 0.642. The average molecular weight is 396 g/mol. The van der Waals surface area contributed by atoms with Gasteiger partial charge >= 0.3 is 0 Å². The lowest BCUT2D eigenvalue weighted by Gasteiger charge is -2.26. The molecular weight excluding hydrogens is 376 g/mol. The highest BCUT2D eigenvalue weighted by Gasteiger charge is 2.32. The van der Waals surface area contributed by atoms with Crippen LogP contribution >= 0.6 is 11.3 Å². The molecule has 1 heterocycles. The molecule has 3 rings (SSSR count). The van der Waals surface area contributed by atoms with Crippen molar-refractivity contribution in [3.63, 3.8) is 0 Å². The van der Waals surface area contributed by atoms with Gasteiger partial charge in [-0.05, 0) is 54.2 Å². The molecule has 144 valence electrons. The monoisotopic (exact) mass is 396 g/mol. The van der Waals surface area contributed by atoms with E-state index >= 15 is 0 Å². The Hall–Kier alpha value is -3.31. The number of hydrogen-bond donors (Lipinski definition) is 1. The maximum absolute atomic E-state index is 10.1. The highest BCUT2D eigenvalue weighted by Crippen LogP contribution is 2.40. The third-order valence-corrected chi connectivity index (χ3v) is 5.28. The topological polar surface area (TPSA) is 89.3 Å². The predicted molar refractivity (Wildman–Crippen MR) is 108 cm³/mol. The van der Waals surface area contributed by atoms with Crippen LogP contribution in [0, 0.1) is 11.3 Å². The Morgan fingerprint density at radius 2 is 1.64 bits per heavy atom. The minimum absolute atomic E-state index is 0.454. The lowest BCUT2D eigenvalue weighted by molar-refractivity contribution is 0.407. The van der Waals surface area contributed by atoms with Gasteiger partial charge in [0.15, 0.2) is 0 Å². The lowest BCUT2D eigenvalue weighted by Crippen LogP contribution is -2.22. The maximum atomic E-state index is 10.1. The Bertz CT molecular complexity index is 997. The molecule has 0 bridgehead atoms. The number of rotatable bonds is 7. The van der Waals surface area contributed by atoms with E-state index < -0.39 is 5.41 Å². The first-order valence-electron chi connectivity index (χ1n) is 8.43. The molecule has 2 aromatic carbocycles. The van der Waals surface area contributed by atoms with E-state index in [0.29, 0.717) is 16.1 Å². The molecule has 0 spiro atoms. The van der Waals surface area contributed by atoms with Crippen LogP contribution in [0.4, 0.5) is 10.8 Å². The van der Waals surface area contributed by atoms with Crippen molar-refractivity contribution in [1.29, 1.82) is 5.26 Å². The molecule has 0 amide bonds. The number of ether oxygens (including phenoxy) is 3. The number of methoxy groups -OCH3 is 3. The van der Waals surface area contributed by atoms with E-state index in [2.05, 4.69) is 21.6 Å². The van der Waals surface area contributed by atoms with Crippen molar-refractivity contribution in [3.05, 3.63) is 53.6 Å². The standard InChI is InChI=1S/C20H20N4O3S/c1-20(12-21,13-5-7-14(25-2)8-6-13)16-11-15(26-3)9-10-17(16)22-18-23-24-19(27-4)28-18/h5-11H,1-4H3,(H,22,23). The van der Waals surface area contributed by atoms with Gasteiger partial charge in [-0.1, -0.05) is 17.2 Å². The normalized spacial score (nSPS) is 12.5. The summed E-state index contributed by atoms with van der Waals surface area (Å²) in [7, 11) is 4.75. The molecular formula is C20H20N4O3S. The van der Waals surface area contributed by atoms with Crippen molar-refractivity contribution < 1.29 is 14.2 Å². The summed E-state index contributed by atoms with van der Waals surface area (Å²) >= 11 is 1.28. The van der Waals surface area contributed by atoms with Gasteiger partial charge in [0.2, 0.25) is 5.13 Å². The van der Waals surface area contributed by atoms with Crippen LogP contribution in [0.15, 0.2) is 42.5 Å². The van der Waals surface area contributed by atoms with Gasteiger partial charge in [-0.3, -0.25) is 0 Å². The second-order valence-corrected chi connectivity index (χ2v) is 7.02. The summed E-state index contributed by atoms with van der Waals surface area (Å²) in [6.07, 6.45) is 0. The number of nitriles is 1. The molecule has 7 nitrogen and oxygen atoms in total. The molecule has 0 saturated carbocycles. The second-order valence-electron chi connectivity index (χ2n) is 6.08. The van der Waals surface area contributed by atoms with E-state index in [1.54, 1.807) is 21.3 Å². The van der Waals surface area contributed by atoms with E-state index in [1.165, 1.54) is 11.3 Å². The molecule has 1 unspecified atom stereocenters. The van der Waals surface area contributed by atoms with E-state index in [1.807, 2.05) is 49.4 Å². The Kier molecular flexibility index (Phi) is 5.66. The molecule has 1 aromatic heterocycles. The van der Waals surface area contributed by atoms with Crippen molar-refractivity contribution >= 4 is 22.2 Å². The molecule has 8 heteroatoms. The van der Waals surface area contributed by atoms with Crippen LogP contribution in [0.1, 0.15) is 18.1 Å². The van der Waals surface area contributed by atoms with Gasteiger partial charge in [-0.15, -0.1) is 5.10 Å². The molecule has 0 saturated heterocycles. The van der Waals surface area contributed by atoms with Gasteiger partial charge < -0.3 is 19.5 Å². The van der Waals surface area contributed by atoms with Crippen LogP contribution in [-0.4, -0.2) is 31.5 Å². The summed E-state index contributed by atoms with van der Waals surface area (Å²) < 4.78 is 15.7. The highest BCUT2D eigenvalue weighted by atomic mass is 32.1. The largest absolute Gasteiger partial charge is 0.497 e. The van der Waals surface area contributed by atoms with Crippen molar-refractivity contribution in [2.45, 2.75) is 12.3 Å². The minimum atomic E-state index is -0.933. The Morgan fingerprint density at radius 3 is 2.21 bits per heavy atom. The van der Waals surface area contributed by atoms with Crippen LogP contribution < -0.4 is 19.5 Å². The van der Waals surface area contributed by atoms with E-state index in [4.69, 9.17) is 14.2 Å². The third-order valence-electron chi connectivity index (χ3n) is 4.48. The van der Waals surface area contributed by atoms with Gasteiger partial charge in [0.05, 0.1) is 27.4 Å². The van der Waals surface area contributed by atoms with Crippen LogP contribution in [0.5, 0.6) is 16.7 Å². The van der Waals surface area contributed by atoms with E-state index in [0.717, 1.165) is 22.6 Å². The molecule has 1 atom stereocenters. The smallest absolute Gasteiger partial charge is 0.295 e. The predicted octanol–water partition coefficient (Wildman–Crippen LogP) is 4.14. The first-order chi connectivity index (χ1) is 13.5. The zero-order chi connectivity index (χ0) is 20.1. The highest BCUT2D eigenvalue weighted by molar-refractivity contribution is 7.17. The maximum Gasteiger partial charge on any atom is 0.295 e. The second kappa shape index (κ2) is 8.15. The number of anilines is 2. The number of aromatic nitrogens is 2. The van der Waals surface area contributed by atoms with Crippen LogP contribution in [0.2, 0.25) is 0 Å². The van der Waals surface area contributed by atoms with Gasteiger partial charge in [0, 0.05) is 11.3 Å². The minimum Gasteiger partial charge on any atom is -0.497 e. The molecule has 0 aliphatic rings. The van der Waals surface area contributed by atoms with Gasteiger partial charge in [-0.2, -0.15) is 5.26 Å². The SMILES string of the molecule is COc1ccc(C(C)(C#N)c2cc(OC)ccc2Nc2nnc(OC)s2)cc1. The van der Waals surface area contributed by atoms with Crippen molar-refractivity contribution in [1.82, 2.24) is 10.2 Å². The first-order valence-corrected chi connectivity index (χ1v) is 9.24. The van der Waals surface area contributed by atoms with Crippen LogP contribution in [0.25, 0.3) is 0 Å². The van der Waals surface area contributed by atoms with Crippen LogP contribution in [0.3, 0.4) is 0 Å². The van der Waals surface area contributed by atoms with Crippen molar-refractivity contribution in [2.75, 3.05) is 26.6 Å². The molecule has 28 heavy (non-hydrogen) atoms. The fourth-order valence-electron chi connectivity index (χ4n) is 2.84. The molecule has 0 aliphatic carbocycles. The summed E-state index contributed by atoms with van der Waals surface area (Å²) in [6.45, 7) is 1.87. The Labute approximate surface area is 167 Å². The van der Waals surface area contributed by atoms with Gasteiger partial charge in [-0.25, -0.2) is 0 Å². The summed E-state index contributed by atoms with van der Waals surface area (Å²) in [5, 5.41) is 22.4. The Morgan fingerprint density at radius 1 is 0.964 bits per heavy atom. The molecule has 0 fully saturated rings. The molecule has 3 aromatic rings. The number of nitrogens with one attached hydrogen (secondary N) is 1. The average Bonchev–Trinajstić information content (AvgIpc) is 3.21. The van der Waals surface area contributed by atoms with Gasteiger partial charge in [0.25, 0.3) is 5.19 Å². The van der Waals surface area contributed by atoms with E-state index in [-0.39, 0.29) is 0 Å². The van der Waals surface area contributed by atoms with Crippen molar-refractivity contribution in [3.8, 4) is 22.8 Å². The number of hydrogen-bond acceptors (Lipinski definition) is 8. The first kappa shape index (κ1) is 19.5. The summed E-state index contributed by atoms with van der Waals surface area (Å²) in [6, 6.07) is 15.5. The Balaban J connectivity index is 2.09. The molecule has 0 aliphatic heterocycles.